The molecule has 0 bridgehead atoms. The molecule has 0 amide bonds. The first-order chi connectivity index (χ1) is 10.7. The van der Waals surface area contributed by atoms with Crippen LogP contribution >= 0.6 is 0 Å². The lowest BCUT2D eigenvalue weighted by atomic mass is 9.70. The summed E-state index contributed by atoms with van der Waals surface area (Å²) in [6.45, 7) is 2.27. The average molecular weight is 314 g/mol. The minimum Gasteiger partial charge on any atom is -0.492 e. The summed E-state index contributed by atoms with van der Waals surface area (Å²) in [6, 6.07) is 0. The molecule has 0 spiro atoms. The molecule has 0 saturated heterocycles. The molecule has 0 atom stereocenters. The zero-order valence-electron chi connectivity index (χ0n) is 14.0. The van der Waals surface area contributed by atoms with Crippen molar-refractivity contribution in [1.29, 1.82) is 0 Å². The van der Waals surface area contributed by atoms with Crippen molar-refractivity contribution in [2.24, 2.45) is 17.8 Å². The molecule has 0 aliphatic heterocycles. The standard InChI is InChI=1S/C19H32F2O/c1-2-3-4-5-15-6-8-16(9-7-15)17-10-12-18(13-11-17)22-14-19(20)21/h14-18H,2-13H2,1H3. The van der Waals surface area contributed by atoms with E-state index >= 15 is 0 Å². The number of rotatable bonds is 7. The molecule has 2 saturated carbocycles. The van der Waals surface area contributed by atoms with E-state index in [0.29, 0.717) is 6.26 Å². The molecule has 1 nitrogen and oxygen atoms in total. The quantitative estimate of drug-likeness (QED) is 0.376. The Kier molecular flexibility index (Phi) is 7.68. The predicted octanol–water partition coefficient (Wildman–Crippen LogP) is 6.69. The third-order valence-electron chi connectivity index (χ3n) is 5.84. The molecule has 3 heteroatoms. The van der Waals surface area contributed by atoms with Crippen molar-refractivity contribution in [2.75, 3.05) is 0 Å². The van der Waals surface area contributed by atoms with Gasteiger partial charge in [0, 0.05) is 0 Å². The Balaban J connectivity index is 1.63. The van der Waals surface area contributed by atoms with Gasteiger partial charge in [-0.2, -0.15) is 8.78 Å². The predicted molar refractivity (Wildman–Crippen MR) is 86.7 cm³/mol. The van der Waals surface area contributed by atoms with Crippen molar-refractivity contribution in [1.82, 2.24) is 0 Å². The second kappa shape index (κ2) is 9.52. The van der Waals surface area contributed by atoms with E-state index in [-0.39, 0.29) is 6.10 Å². The second-order valence-electron chi connectivity index (χ2n) is 7.36. The summed E-state index contributed by atoms with van der Waals surface area (Å²) in [7, 11) is 0. The maximum absolute atomic E-state index is 12.0. The number of hydrogen-bond donors (Lipinski definition) is 0. The topological polar surface area (TPSA) is 9.23 Å². The van der Waals surface area contributed by atoms with Crippen LogP contribution in [0.25, 0.3) is 0 Å². The SMILES string of the molecule is CCCCCC1CCC(C2CCC(OC=C(F)F)CC2)CC1. The van der Waals surface area contributed by atoms with E-state index in [1.165, 1.54) is 51.4 Å². The van der Waals surface area contributed by atoms with Crippen LogP contribution in [0.4, 0.5) is 8.78 Å². The van der Waals surface area contributed by atoms with Crippen LogP contribution in [0.15, 0.2) is 12.3 Å². The largest absolute Gasteiger partial charge is 0.492 e. The molecule has 0 aromatic carbocycles. The number of halogens is 2. The van der Waals surface area contributed by atoms with E-state index in [2.05, 4.69) is 6.92 Å². The van der Waals surface area contributed by atoms with Crippen molar-refractivity contribution >= 4 is 0 Å². The molecule has 2 aliphatic carbocycles. The van der Waals surface area contributed by atoms with Crippen LogP contribution in [0.3, 0.4) is 0 Å². The smallest absolute Gasteiger partial charge is 0.304 e. The third kappa shape index (κ3) is 5.89. The van der Waals surface area contributed by atoms with Crippen LogP contribution in [-0.2, 0) is 4.74 Å². The Morgan fingerprint density at radius 2 is 1.50 bits per heavy atom. The highest BCUT2D eigenvalue weighted by Gasteiger charge is 2.31. The molecule has 0 heterocycles. The molecule has 128 valence electrons. The highest BCUT2D eigenvalue weighted by Crippen LogP contribution is 2.41. The maximum Gasteiger partial charge on any atom is 0.304 e. The van der Waals surface area contributed by atoms with Crippen LogP contribution in [0.5, 0.6) is 0 Å². The van der Waals surface area contributed by atoms with Crippen LogP contribution < -0.4 is 0 Å². The van der Waals surface area contributed by atoms with Crippen molar-refractivity contribution in [3.8, 4) is 0 Å². The molecular formula is C19H32F2O. The van der Waals surface area contributed by atoms with Crippen molar-refractivity contribution in [3.05, 3.63) is 12.3 Å². The zero-order valence-corrected chi connectivity index (χ0v) is 14.0. The molecule has 0 N–H and O–H groups in total. The Bertz CT molecular complexity index is 322. The normalized spacial score (nSPS) is 32.5. The first kappa shape index (κ1) is 17.7. The Morgan fingerprint density at radius 1 is 0.909 bits per heavy atom. The van der Waals surface area contributed by atoms with Gasteiger partial charge in [-0.05, 0) is 56.3 Å². The first-order valence-corrected chi connectivity index (χ1v) is 9.35. The van der Waals surface area contributed by atoms with E-state index in [4.69, 9.17) is 4.74 Å². The molecule has 0 aromatic rings. The van der Waals surface area contributed by atoms with Crippen molar-refractivity contribution in [2.45, 2.75) is 90.1 Å². The van der Waals surface area contributed by atoms with Crippen molar-refractivity contribution in [3.63, 3.8) is 0 Å². The minimum absolute atomic E-state index is 0.0168. The van der Waals surface area contributed by atoms with Gasteiger partial charge >= 0.3 is 6.08 Å². The molecule has 2 aliphatic rings. The lowest BCUT2D eigenvalue weighted by Crippen LogP contribution is -2.28. The fourth-order valence-corrected chi connectivity index (χ4v) is 4.48. The van der Waals surface area contributed by atoms with Gasteiger partial charge in [-0.3, -0.25) is 0 Å². The van der Waals surface area contributed by atoms with Gasteiger partial charge in [-0.15, -0.1) is 0 Å². The van der Waals surface area contributed by atoms with Gasteiger partial charge in [0.05, 0.1) is 6.10 Å². The van der Waals surface area contributed by atoms with Gasteiger partial charge in [0.2, 0.25) is 0 Å². The Morgan fingerprint density at radius 3 is 2.05 bits per heavy atom. The van der Waals surface area contributed by atoms with Crippen LogP contribution in [0.2, 0.25) is 0 Å². The highest BCUT2D eigenvalue weighted by molar-refractivity contribution is 4.83. The van der Waals surface area contributed by atoms with E-state index in [1.54, 1.807) is 0 Å². The minimum atomic E-state index is -1.72. The summed E-state index contributed by atoms with van der Waals surface area (Å²) >= 11 is 0. The van der Waals surface area contributed by atoms with Gasteiger partial charge in [0.1, 0.15) is 6.26 Å². The van der Waals surface area contributed by atoms with Gasteiger partial charge in [-0.1, -0.05) is 45.4 Å². The summed E-state index contributed by atoms with van der Waals surface area (Å²) in [5, 5.41) is 0. The zero-order chi connectivity index (χ0) is 15.8. The number of ether oxygens (including phenoxy) is 1. The third-order valence-corrected chi connectivity index (χ3v) is 5.84. The molecule has 2 fully saturated rings. The van der Waals surface area contributed by atoms with Crippen molar-refractivity contribution < 1.29 is 13.5 Å². The monoisotopic (exact) mass is 314 g/mol. The van der Waals surface area contributed by atoms with Crippen LogP contribution in [-0.4, -0.2) is 6.10 Å². The van der Waals surface area contributed by atoms with Gasteiger partial charge < -0.3 is 4.74 Å². The second-order valence-corrected chi connectivity index (χ2v) is 7.36. The fourth-order valence-electron chi connectivity index (χ4n) is 4.48. The summed E-state index contributed by atoms with van der Waals surface area (Å²) in [4.78, 5) is 0. The number of hydrogen-bond acceptors (Lipinski definition) is 1. The summed E-state index contributed by atoms with van der Waals surface area (Å²) in [5.41, 5.74) is 0. The molecule has 2 rings (SSSR count). The van der Waals surface area contributed by atoms with Gasteiger partial charge in [0.15, 0.2) is 0 Å². The summed E-state index contributed by atoms with van der Waals surface area (Å²) in [6.07, 6.45) is 14.3. The summed E-state index contributed by atoms with van der Waals surface area (Å²) < 4.78 is 29.2. The Labute approximate surface area is 134 Å². The van der Waals surface area contributed by atoms with E-state index in [0.717, 1.165) is 43.4 Å². The highest BCUT2D eigenvalue weighted by atomic mass is 19.3. The lowest BCUT2D eigenvalue weighted by Gasteiger charge is -2.37. The van der Waals surface area contributed by atoms with Crippen LogP contribution in [0.1, 0.15) is 84.0 Å². The Hall–Kier alpha value is -0.600. The first-order valence-electron chi connectivity index (χ1n) is 9.35. The van der Waals surface area contributed by atoms with E-state index < -0.39 is 6.08 Å². The van der Waals surface area contributed by atoms with Crippen LogP contribution in [0, 0.1) is 17.8 Å². The molecule has 0 unspecified atom stereocenters. The molecular weight excluding hydrogens is 282 g/mol. The molecule has 0 aromatic heterocycles. The summed E-state index contributed by atoms with van der Waals surface area (Å²) in [5.74, 6) is 2.67. The fraction of sp³-hybridized carbons (Fsp3) is 0.895. The average Bonchev–Trinajstić information content (AvgIpc) is 2.54. The van der Waals surface area contributed by atoms with E-state index in [1.807, 2.05) is 0 Å². The molecule has 22 heavy (non-hydrogen) atoms. The van der Waals surface area contributed by atoms with Gasteiger partial charge in [0.25, 0.3) is 0 Å². The molecule has 0 radical (unpaired) electrons. The van der Waals surface area contributed by atoms with Gasteiger partial charge in [-0.25, -0.2) is 0 Å². The maximum atomic E-state index is 12.0. The number of unbranched alkanes of at least 4 members (excludes halogenated alkanes) is 2. The lowest BCUT2D eigenvalue weighted by molar-refractivity contribution is 0.0577. The van der Waals surface area contributed by atoms with E-state index in [9.17, 15) is 8.78 Å².